The van der Waals surface area contributed by atoms with E-state index in [1.807, 2.05) is 24.3 Å². The third-order valence-electron chi connectivity index (χ3n) is 4.86. The van der Waals surface area contributed by atoms with E-state index in [9.17, 15) is 4.79 Å². The minimum Gasteiger partial charge on any atom is -0.399 e. The molecular formula is C21H28N4O. The van der Waals surface area contributed by atoms with Gasteiger partial charge in [0.1, 0.15) is 0 Å². The molecule has 3 N–H and O–H groups in total. The first-order chi connectivity index (χ1) is 12.6. The number of carbonyl (C=O) groups is 1. The molecule has 1 heterocycles. The number of likely N-dealkylation sites (N-methyl/N-ethyl adjacent to an activating group) is 1. The Morgan fingerprint density at radius 1 is 0.923 bits per heavy atom. The van der Waals surface area contributed by atoms with Gasteiger partial charge in [0.25, 0.3) is 0 Å². The van der Waals surface area contributed by atoms with E-state index in [0.717, 1.165) is 43.9 Å². The molecule has 0 aliphatic carbocycles. The summed E-state index contributed by atoms with van der Waals surface area (Å²) in [5, 5.41) is 2.98. The highest BCUT2D eigenvalue weighted by molar-refractivity contribution is 5.78. The number of nitrogens with two attached hydrogens (primary N) is 1. The first kappa shape index (κ1) is 18.4. The second-order valence-corrected chi connectivity index (χ2v) is 7.09. The largest absolute Gasteiger partial charge is 0.399 e. The second-order valence-electron chi connectivity index (χ2n) is 7.09. The Morgan fingerprint density at radius 2 is 1.50 bits per heavy atom. The zero-order valence-corrected chi connectivity index (χ0v) is 15.4. The molecule has 1 fully saturated rings. The number of rotatable bonds is 6. The molecule has 138 valence electrons. The lowest BCUT2D eigenvalue weighted by Gasteiger charge is -2.32. The summed E-state index contributed by atoms with van der Waals surface area (Å²) in [5.41, 5.74) is 9.80. The molecule has 1 amide bonds. The molecule has 0 spiro atoms. The van der Waals surface area contributed by atoms with Crippen LogP contribution < -0.4 is 11.1 Å². The molecule has 1 saturated heterocycles. The SMILES string of the molecule is CN1CCN(Cc2ccc(CNC(=O)Cc3ccc(N)cc3)cc2)CC1. The highest BCUT2D eigenvalue weighted by Gasteiger charge is 2.13. The number of piperazine rings is 1. The summed E-state index contributed by atoms with van der Waals surface area (Å²) in [7, 11) is 2.17. The molecule has 0 saturated carbocycles. The summed E-state index contributed by atoms with van der Waals surface area (Å²) in [4.78, 5) is 16.9. The molecule has 0 atom stereocenters. The van der Waals surface area contributed by atoms with Gasteiger partial charge in [-0.15, -0.1) is 0 Å². The quantitative estimate of drug-likeness (QED) is 0.779. The van der Waals surface area contributed by atoms with E-state index in [4.69, 9.17) is 5.73 Å². The van der Waals surface area contributed by atoms with Gasteiger partial charge in [-0.05, 0) is 35.9 Å². The highest BCUT2D eigenvalue weighted by atomic mass is 16.1. The first-order valence-corrected chi connectivity index (χ1v) is 9.18. The summed E-state index contributed by atoms with van der Waals surface area (Å²) in [5.74, 6) is 0.0243. The number of carbonyl (C=O) groups excluding carboxylic acids is 1. The van der Waals surface area contributed by atoms with E-state index in [2.05, 4.69) is 46.4 Å². The maximum atomic E-state index is 12.1. The molecule has 0 aromatic heterocycles. The van der Waals surface area contributed by atoms with Gasteiger partial charge in [0, 0.05) is 45.0 Å². The Labute approximate surface area is 155 Å². The molecular weight excluding hydrogens is 324 g/mol. The van der Waals surface area contributed by atoms with Gasteiger partial charge in [-0.25, -0.2) is 0 Å². The van der Waals surface area contributed by atoms with Gasteiger partial charge < -0.3 is 16.0 Å². The topological polar surface area (TPSA) is 61.6 Å². The van der Waals surface area contributed by atoms with Crippen molar-refractivity contribution in [3.63, 3.8) is 0 Å². The van der Waals surface area contributed by atoms with Crippen LogP contribution in [-0.2, 0) is 24.3 Å². The maximum Gasteiger partial charge on any atom is 0.224 e. The van der Waals surface area contributed by atoms with Gasteiger partial charge in [0.05, 0.1) is 6.42 Å². The zero-order valence-electron chi connectivity index (χ0n) is 15.4. The second kappa shape index (κ2) is 8.83. The fraction of sp³-hybridized carbons (Fsp3) is 0.381. The van der Waals surface area contributed by atoms with Crippen molar-refractivity contribution in [3.05, 3.63) is 65.2 Å². The molecule has 5 nitrogen and oxygen atoms in total. The van der Waals surface area contributed by atoms with Crippen molar-refractivity contribution in [3.8, 4) is 0 Å². The van der Waals surface area contributed by atoms with Gasteiger partial charge in [0.15, 0.2) is 0 Å². The summed E-state index contributed by atoms with van der Waals surface area (Å²) >= 11 is 0. The van der Waals surface area contributed by atoms with Crippen molar-refractivity contribution in [2.24, 2.45) is 0 Å². The van der Waals surface area contributed by atoms with Crippen LogP contribution in [-0.4, -0.2) is 48.9 Å². The van der Waals surface area contributed by atoms with E-state index in [1.165, 1.54) is 5.56 Å². The van der Waals surface area contributed by atoms with Crippen molar-refractivity contribution < 1.29 is 4.79 Å². The molecule has 3 rings (SSSR count). The summed E-state index contributed by atoms with van der Waals surface area (Å²) in [6.45, 7) is 6.08. The van der Waals surface area contributed by atoms with Crippen molar-refractivity contribution in [2.45, 2.75) is 19.5 Å². The van der Waals surface area contributed by atoms with Gasteiger partial charge >= 0.3 is 0 Å². The van der Waals surface area contributed by atoms with Crippen LogP contribution in [0, 0.1) is 0 Å². The standard InChI is InChI=1S/C21H28N4O/c1-24-10-12-25(13-11-24)16-19-4-2-18(3-5-19)15-23-21(26)14-17-6-8-20(22)9-7-17/h2-9H,10-16,22H2,1H3,(H,23,26). The number of hydrogen-bond donors (Lipinski definition) is 2. The molecule has 1 aliphatic heterocycles. The number of benzene rings is 2. The maximum absolute atomic E-state index is 12.1. The van der Waals surface area contributed by atoms with Crippen LogP contribution in [0.25, 0.3) is 0 Å². The van der Waals surface area contributed by atoms with Crippen molar-refractivity contribution in [1.82, 2.24) is 15.1 Å². The van der Waals surface area contributed by atoms with Crippen LogP contribution in [0.15, 0.2) is 48.5 Å². The molecule has 0 bridgehead atoms. The lowest BCUT2D eigenvalue weighted by molar-refractivity contribution is -0.120. The predicted octanol–water partition coefficient (Wildman–Crippen LogP) is 1.88. The molecule has 2 aromatic rings. The first-order valence-electron chi connectivity index (χ1n) is 9.18. The number of nitrogen functional groups attached to an aromatic ring is 1. The third-order valence-corrected chi connectivity index (χ3v) is 4.86. The van der Waals surface area contributed by atoms with E-state index in [0.29, 0.717) is 18.7 Å². The van der Waals surface area contributed by atoms with Gasteiger partial charge in [-0.2, -0.15) is 0 Å². The Hall–Kier alpha value is -2.37. The third kappa shape index (κ3) is 5.58. The molecule has 26 heavy (non-hydrogen) atoms. The number of anilines is 1. The fourth-order valence-corrected chi connectivity index (χ4v) is 3.11. The number of nitrogens with zero attached hydrogens (tertiary/aromatic N) is 2. The Kier molecular flexibility index (Phi) is 6.26. The molecule has 5 heteroatoms. The molecule has 0 radical (unpaired) electrons. The van der Waals surface area contributed by atoms with Crippen LogP contribution in [0.3, 0.4) is 0 Å². The Bertz CT molecular complexity index is 704. The van der Waals surface area contributed by atoms with Gasteiger partial charge in [-0.1, -0.05) is 36.4 Å². The Morgan fingerprint density at radius 3 is 2.15 bits per heavy atom. The number of hydrogen-bond acceptors (Lipinski definition) is 4. The highest BCUT2D eigenvalue weighted by Crippen LogP contribution is 2.10. The van der Waals surface area contributed by atoms with E-state index < -0.39 is 0 Å². The molecule has 0 unspecified atom stereocenters. The van der Waals surface area contributed by atoms with Crippen LogP contribution in [0.2, 0.25) is 0 Å². The summed E-state index contributed by atoms with van der Waals surface area (Å²) in [6, 6.07) is 16.0. The average molecular weight is 352 g/mol. The Balaban J connectivity index is 1.43. The smallest absolute Gasteiger partial charge is 0.224 e. The molecule has 2 aromatic carbocycles. The van der Waals surface area contributed by atoms with Gasteiger partial charge in [-0.3, -0.25) is 9.69 Å². The van der Waals surface area contributed by atoms with Crippen LogP contribution in [0.4, 0.5) is 5.69 Å². The zero-order chi connectivity index (χ0) is 18.4. The van der Waals surface area contributed by atoms with Gasteiger partial charge in [0.2, 0.25) is 5.91 Å². The van der Waals surface area contributed by atoms with Crippen LogP contribution >= 0.6 is 0 Å². The molecule has 1 aliphatic rings. The van der Waals surface area contributed by atoms with E-state index >= 15 is 0 Å². The average Bonchev–Trinajstić information content (AvgIpc) is 2.65. The fourth-order valence-electron chi connectivity index (χ4n) is 3.11. The summed E-state index contributed by atoms with van der Waals surface area (Å²) in [6.07, 6.45) is 0.377. The minimum absolute atomic E-state index is 0.0243. The van der Waals surface area contributed by atoms with Crippen molar-refractivity contribution in [1.29, 1.82) is 0 Å². The monoisotopic (exact) mass is 352 g/mol. The van der Waals surface area contributed by atoms with Crippen molar-refractivity contribution >= 4 is 11.6 Å². The van der Waals surface area contributed by atoms with Crippen molar-refractivity contribution in [2.75, 3.05) is 39.0 Å². The predicted molar refractivity (Wildman–Crippen MR) is 106 cm³/mol. The number of nitrogens with one attached hydrogen (secondary N) is 1. The normalized spacial score (nSPS) is 15.7. The number of amides is 1. The lowest BCUT2D eigenvalue weighted by Crippen LogP contribution is -2.43. The van der Waals surface area contributed by atoms with E-state index in [1.54, 1.807) is 0 Å². The van der Waals surface area contributed by atoms with Crippen LogP contribution in [0.5, 0.6) is 0 Å². The van der Waals surface area contributed by atoms with E-state index in [-0.39, 0.29) is 5.91 Å². The lowest BCUT2D eigenvalue weighted by atomic mass is 10.1. The summed E-state index contributed by atoms with van der Waals surface area (Å²) < 4.78 is 0. The van der Waals surface area contributed by atoms with Crippen LogP contribution in [0.1, 0.15) is 16.7 Å². The minimum atomic E-state index is 0.0243.